The Labute approximate surface area is 176 Å². The fourth-order valence-electron chi connectivity index (χ4n) is 2.58. The molecule has 0 aromatic heterocycles. The number of nitrogens with two attached hydrogens (primary N) is 1. The SMILES string of the molecule is CC(C)CC(NC(=O)C(C)N)C(=O)NC(CCC(=O)O)C(=O)NC(C(=O)O)C(C)C. The van der Waals surface area contributed by atoms with Crippen LogP contribution in [0, 0.1) is 11.8 Å². The van der Waals surface area contributed by atoms with Gasteiger partial charge in [0.25, 0.3) is 0 Å². The van der Waals surface area contributed by atoms with Crippen molar-refractivity contribution in [2.75, 3.05) is 0 Å². The summed E-state index contributed by atoms with van der Waals surface area (Å²) < 4.78 is 0. The van der Waals surface area contributed by atoms with Gasteiger partial charge in [0.05, 0.1) is 6.04 Å². The van der Waals surface area contributed by atoms with Crippen LogP contribution in [-0.2, 0) is 24.0 Å². The van der Waals surface area contributed by atoms with Crippen LogP contribution in [0.3, 0.4) is 0 Å². The zero-order chi connectivity index (χ0) is 23.6. The van der Waals surface area contributed by atoms with Gasteiger partial charge in [-0.25, -0.2) is 4.79 Å². The third kappa shape index (κ3) is 10.2. The van der Waals surface area contributed by atoms with Gasteiger partial charge in [-0.2, -0.15) is 0 Å². The molecule has 0 spiro atoms. The molecule has 30 heavy (non-hydrogen) atoms. The first-order valence-corrected chi connectivity index (χ1v) is 9.87. The lowest BCUT2D eigenvalue weighted by molar-refractivity contribution is -0.144. The van der Waals surface area contributed by atoms with E-state index in [1.807, 2.05) is 13.8 Å². The van der Waals surface area contributed by atoms with Crippen molar-refractivity contribution in [3.05, 3.63) is 0 Å². The summed E-state index contributed by atoms with van der Waals surface area (Å²) in [6.45, 7) is 8.35. The van der Waals surface area contributed by atoms with Crippen LogP contribution in [0.1, 0.15) is 53.9 Å². The summed E-state index contributed by atoms with van der Waals surface area (Å²) in [7, 11) is 0. The molecule has 0 rings (SSSR count). The lowest BCUT2D eigenvalue weighted by Gasteiger charge is -2.26. The second-order valence-electron chi connectivity index (χ2n) is 8.04. The molecule has 0 aliphatic heterocycles. The van der Waals surface area contributed by atoms with Crippen LogP contribution < -0.4 is 21.7 Å². The van der Waals surface area contributed by atoms with E-state index in [1.54, 1.807) is 13.8 Å². The van der Waals surface area contributed by atoms with Crippen LogP contribution in [0.15, 0.2) is 0 Å². The van der Waals surface area contributed by atoms with E-state index in [4.69, 9.17) is 10.8 Å². The third-order valence-electron chi connectivity index (χ3n) is 4.26. The fraction of sp³-hybridized carbons (Fsp3) is 0.737. The van der Waals surface area contributed by atoms with Crippen LogP contribution in [0.2, 0.25) is 0 Å². The van der Waals surface area contributed by atoms with Crippen molar-refractivity contribution in [1.29, 1.82) is 0 Å². The fourth-order valence-corrected chi connectivity index (χ4v) is 2.58. The molecule has 0 aliphatic rings. The molecular formula is C19H34N4O7. The molecule has 0 aromatic carbocycles. The van der Waals surface area contributed by atoms with Crippen LogP contribution in [0.25, 0.3) is 0 Å². The highest BCUT2D eigenvalue weighted by atomic mass is 16.4. The quantitative estimate of drug-likeness (QED) is 0.224. The average molecular weight is 431 g/mol. The number of carbonyl (C=O) groups excluding carboxylic acids is 3. The van der Waals surface area contributed by atoms with Gasteiger partial charge in [0.15, 0.2) is 0 Å². The van der Waals surface area contributed by atoms with Gasteiger partial charge in [-0.1, -0.05) is 27.7 Å². The van der Waals surface area contributed by atoms with Crippen LogP contribution in [0.4, 0.5) is 0 Å². The van der Waals surface area contributed by atoms with Gasteiger partial charge in [-0.05, 0) is 31.6 Å². The number of carboxylic acids is 2. The molecule has 0 bridgehead atoms. The minimum atomic E-state index is -1.28. The number of hydrogen-bond donors (Lipinski definition) is 6. The smallest absolute Gasteiger partial charge is 0.326 e. The number of amides is 3. The first-order valence-electron chi connectivity index (χ1n) is 9.87. The zero-order valence-corrected chi connectivity index (χ0v) is 18.1. The van der Waals surface area contributed by atoms with Gasteiger partial charge >= 0.3 is 11.9 Å². The van der Waals surface area contributed by atoms with Crippen LogP contribution >= 0.6 is 0 Å². The highest BCUT2D eigenvalue weighted by Gasteiger charge is 2.31. The van der Waals surface area contributed by atoms with E-state index in [1.165, 1.54) is 6.92 Å². The number of nitrogens with one attached hydrogen (secondary N) is 3. The van der Waals surface area contributed by atoms with Crippen molar-refractivity contribution in [2.24, 2.45) is 17.6 Å². The van der Waals surface area contributed by atoms with Crippen LogP contribution in [0.5, 0.6) is 0 Å². The molecular weight excluding hydrogens is 396 g/mol. The second-order valence-corrected chi connectivity index (χ2v) is 8.04. The maximum atomic E-state index is 12.7. The topological polar surface area (TPSA) is 188 Å². The van der Waals surface area contributed by atoms with E-state index in [9.17, 15) is 29.1 Å². The van der Waals surface area contributed by atoms with Crippen molar-refractivity contribution in [2.45, 2.75) is 78.0 Å². The number of carboxylic acid groups (broad SMARTS) is 2. The minimum absolute atomic E-state index is 0.0257. The maximum absolute atomic E-state index is 12.7. The van der Waals surface area contributed by atoms with Gasteiger partial charge in [-0.15, -0.1) is 0 Å². The molecule has 0 saturated heterocycles. The third-order valence-corrected chi connectivity index (χ3v) is 4.26. The van der Waals surface area contributed by atoms with Crippen molar-refractivity contribution < 1.29 is 34.2 Å². The van der Waals surface area contributed by atoms with E-state index in [0.29, 0.717) is 0 Å². The lowest BCUT2D eigenvalue weighted by Crippen LogP contribution is -2.57. The number of carbonyl (C=O) groups is 5. The highest BCUT2D eigenvalue weighted by molar-refractivity contribution is 5.94. The Morgan fingerprint density at radius 1 is 0.800 bits per heavy atom. The minimum Gasteiger partial charge on any atom is -0.481 e. The van der Waals surface area contributed by atoms with Crippen molar-refractivity contribution >= 4 is 29.7 Å². The number of rotatable bonds is 13. The standard InChI is InChI=1S/C19H34N4O7/c1-9(2)8-13(22-16(26)11(5)20)18(28)21-12(6-7-14(24)25)17(27)23-15(10(3)4)19(29)30/h9-13,15H,6-8,20H2,1-5H3,(H,21,28)(H,22,26)(H,23,27)(H,24,25)(H,29,30). The Morgan fingerprint density at radius 3 is 1.70 bits per heavy atom. The molecule has 172 valence electrons. The average Bonchev–Trinajstić information content (AvgIpc) is 2.60. The van der Waals surface area contributed by atoms with E-state index >= 15 is 0 Å². The summed E-state index contributed by atoms with van der Waals surface area (Å²) in [5.41, 5.74) is 5.53. The van der Waals surface area contributed by atoms with E-state index in [-0.39, 0.29) is 18.8 Å². The summed E-state index contributed by atoms with van der Waals surface area (Å²) in [5.74, 6) is -4.87. The van der Waals surface area contributed by atoms with Gasteiger partial charge in [0, 0.05) is 6.42 Å². The Morgan fingerprint density at radius 2 is 1.30 bits per heavy atom. The molecule has 4 atom stereocenters. The molecule has 11 heteroatoms. The molecule has 0 aromatic rings. The Balaban J connectivity index is 5.49. The molecule has 11 nitrogen and oxygen atoms in total. The largest absolute Gasteiger partial charge is 0.481 e. The van der Waals surface area contributed by atoms with Crippen LogP contribution in [-0.4, -0.2) is 64.0 Å². The van der Waals surface area contributed by atoms with Crippen molar-refractivity contribution in [1.82, 2.24) is 16.0 Å². The normalized spacial score (nSPS) is 15.1. The number of aliphatic carboxylic acids is 2. The molecule has 0 heterocycles. The van der Waals surface area contributed by atoms with Gasteiger partial charge < -0.3 is 31.9 Å². The Bertz CT molecular complexity index is 634. The summed E-state index contributed by atoms with van der Waals surface area (Å²) in [6.07, 6.45) is -0.396. The zero-order valence-electron chi connectivity index (χ0n) is 18.1. The molecule has 4 unspecified atom stereocenters. The summed E-state index contributed by atoms with van der Waals surface area (Å²) in [4.78, 5) is 59.6. The molecule has 0 fully saturated rings. The number of hydrogen-bond acceptors (Lipinski definition) is 6. The van der Waals surface area contributed by atoms with E-state index < -0.39 is 66.2 Å². The summed E-state index contributed by atoms with van der Waals surface area (Å²) in [5, 5.41) is 25.5. The summed E-state index contributed by atoms with van der Waals surface area (Å²) in [6, 6.07) is -4.31. The molecule has 7 N–H and O–H groups in total. The lowest BCUT2D eigenvalue weighted by atomic mass is 10.0. The van der Waals surface area contributed by atoms with Crippen molar-refractivity contribution in [3.8, 4) is 0 Å². The highest BCUT2D eigenvalue weighted by Crippen LogP contribution is 2.08. The predicted octanol–water partition coefficient (Wildman–Crippen LogP) is -0.560. The maximum Gasteiger partial charge on any atom is 0.326 e. The van der Waals surface area contributed by atoms with E-state index in [2.05, 4.69) is 16.0 Å². The molecule has 0 aliphatic carbocycles. The summed E-state index contributed by atoms with van der Waals surface area (Å²) >= 11 is 0. The van der Waals surface area contributed by atoms with Crippen molar-refractivity contribution in [3.63, 3.8) is 0 Å². The first-order chi connectivity index (χ1) is 13.8. The molecule has 0 radical (unpaired) electrons. The van der Waals surface area contributed by atoms with Gasteiger partial charge in [-0.3, -0.25) is 19.2 Å². The van der Waals surface area contributed by atoms with Gasteiger partial charge in [0.1, 0.15) is 18.1 Å². The Kier molecular flexibility index (Phi) is 11.6. The van der Waals surface area contributed by atoms with Gasteiger partial charge in [0.2, 0.25) is 17.7 Å². The first kappa shape index (κ1) is 27.3. The Hall–Kier alpha value is -2.69. The predicted molar refractivity (Wildman–Crippen MR) is 108 cm³/mol. The second kappa shape index (κ2) is 12.8. The molecule has 0 saturated carbocycles. The monoisotopic (exact) mass is 430 g/mol. The molecule has 3 amide bonds. The van der Waals surface area contributed by atoms with E-state index in [0.717, 1.165) is 0 Å².